The van der Waals surface area contributed by atoms with Crippen molar-refractivity contribution in [2.75, 3.05) is 0 Å². The van der Waals surface area contributed by atoms with Crippen LogP contribution in [0.4, 0.5) is 0 Å². The van der Waals surface area contributed by atoms with Gasteiger partial charge in [-0.2, -0.15) is 5.26 Å². The molecule has 0 aliphatic heterocycles. The number of nitrogens with zero attached hydrogens (tertiary/aromatic N) is 1. The molecule has 0 aliphatic carbocycles. The van der Waals surface area contributed by atoms with Crippen molar-refractivity contribution in [3.63, 3.8) is 0 Å². The number of pyridine rings is 1. The molecule has 2 N–H and O–H groups in total. The Morgan fingerprint density at radius 1 is 0.897 bits per heavy atom. The van der Waals surface area contributed by atoms with Crippen LogP contribution in [-0.4, -0.2) is 10.1 Å². The minimum absolute atomic E-state index is 0.0840. The van der Waals surface area contributed by atoms with E-state index in [2.05, 4.69) is 24.1 Å². The molecule has 1 aromatic rings. The molecule has 0 saturated carbocycles. The number of nitriles is 1. The van der Waals surface area contributed by atoms with Crippen molar-refractivity contribution in [2.24, 2.45) is 0 Å². The second-order valence-corrected chi connectivity index (χ2v) is 8.08. The molecular weight excluding hydrogens is 360 g/mol. The number of hydrogen-bond acceptors (Lipinski definition) is 3. The average Bonchev–Trinajstić information content (AvgIpc) is 2.70. The lowest BCUT2D eigenvalue weighted by Gasteiger charge is -2.09. The summed E-state index contributed by atoms with van der Waals surface area (Å²) < 4.78 is 0. The number of H-pyrrole nitrogens is 1. The number of hydrogen-bond donors (Lipinski definition) is 2. The first-order chi connectivity index (χ1) is 14.1. The number of aromatic amines is 1. The van der Waals surface area contributed by atoms with Crippen LogP contribution in [0.2, 0.25) is 0 Å². The molecule has 162 valence electrons. The summed E-state index contributed by atoms with van der Waals surface area (Å²) in [5, 5.41) is 19.0. The second-order valence-electron chi connectivity index (χ2n) is 8.08. The maximum atomic E-state index is 11.6. The molecule has 0 aliphatic rings. The summed E-state index contributed by atoms with van der Waals surface area (Å²) in [5.74, 6) is -0.0840. The van der Waals surface area contributed by atoms with E-state index in [1.165, 1.54) is 77.0 Å². The van der Waals surface area contributed by atoms with Gasteiger partial charge in [-0.1, -0.05) is 76.9 Å². The van der Waals surface area contributed by atoms with Gasteiger partial charge in [-0.3, -0.25) is 9.78 Å². The molecule has 4 heteroatoms. The molecule has 0 amide bonds. The number of unbranched alkanes of at least 4 members (excludes halogenated alkanes) is 12. The van der Waals surface area contributed by atoms with Crippen LogP contribution >= 0.6 is 0 Å². The minimum atomic E-state index is -0.507. The van der Waals surface area contributed by atoms with Crippen molar-refractivity contribution in [2.45, 2.75) is 110 Å². The van der Waals surface area contributed by atoms with Crippen LogP contribution in [0.1, 0.15) is 114 Å². The first-order valence-electron chi connectivity index (χ1n) is 11.6. The van der Waals surface area contributed by atoms with Crippen molar-refractivity contribution in [3.05, 3.63) is 39.2 Å². The van der Waals surface area contributed by atoms with Crippen molar-refractivity contribution >= 4 is 0 Å². The van der Waals surface area contributed by atoms with Crippen LogP contribution in [0.25, 0.3) is 0 Å². The molecule has 0 bridgehead atoms. The summed E-state index contributed by atoms with van der Waals surface area (Å²) >= 11 is 0. The van der Waals surface area contributed by atoms with E-state index in [-0.39, 0.29) is 11.4 Å². The summed E-state index contributed by atoms with van der Waals surface area (Å²) in [7, 11) is 0. The van der Waals surface area contributed by atoms with Crippen molar-refractivity contribution in [1.82, 2.24) is 4.98 Å². The van der Waals surface area contributed by atoms with E-state index in [1.807, 2.05) is 6.07 Å². The van der Waals surface area contributed by atoms with Crippen LogP contribution in [0.15, 0.2) is 16.9 Å². The Labute approximate surface area is 177 Å². The fourth-order valence-corrected chi connectivity index (χ4v) is 3.73. The molecule has 0 unspecified atom stereocenters. The van der Waals surface area contributed by atoms with Crippen LogP contribution in [0.3, 0.4) is 0 Å². The SMILES string of the molecule is CCCCCCCC/C=C\CCCCCCCCc1c(O)[nH]c(=O)c(C#N)c1C. The lowest BCUT2D eigenvalue weighted by atomic mass is 9.99. The fraction of sp³-hybridized carbons (Fsp3) is 0.680. The zero-order valence-electron chi connectivity index (χ0n) is 18.6. The highest BCUT2D eigenvalue weighted by atomic mass is 16.3. The summed E-state index contributed by atoms with van der Waals surface area (Å²) in [6.45, 7) is 4.00. The van der Waals surface area contributed by atoms with Gasteiger partial charge in [0.05, 0.1) is 0 Å². The van der Waals surface area contributed by atoms with E-state index in [9.17, 15) is 9.90 Å². The fourth-order valence-electron chi connectivity index (χ4n) is 3.73. The van der Waals surface area contributed by atoms with Crippen LogP contribution in [0, 0.1) is 18.3 Å². The highest BCUT2D eigenvalue weighted by Gasteiger charge is 2.13. The predicted molar refractivity (Wildman–Crippen MR) is 121 cm³/mol. The molecule has 29 heavy (non-hydrogen) atoms. The largest absolute Gasteiger partial charge is 0.494 e. The molecule has 4 nitrogen and oxygen atoms in total. The zero-order chi connectivity index (χ0) is 21.3. The van der Waals surface area contributed by atoms with E-state index in [0.717, 1.165) is 12.8 Å². The quantitative estimate of drug-likeness (QED) is 0.235. The van der Waals surface area contributed by atoms with Gasteiger partial charge in [-0.25, -0.2) is 0 Å². The molecule has 1 aromatic heterocycles. The van der Waals surface area contributed by atoms with Gasteiger partial charge < -0.3 is 5.11 Å². The summed E-state index contributed by atoms with van der Waals surface area (Å²) in [6.07, 6.45) is 23.1. The third-order valence-corrected chi connectivity index (χ3v) is 5.62. The summed E-state index contributed by atoms with van der Waals surface area (Å²) in [4.78, 5) is 14.0. The van der Waals surface area contributed by atoms with Gasteiger partial charge >= 0.3 is 0 Å². The Morgan fingerprint density at radius 2 is 1.41 bits per heavy atom. The second kappa shape index (κ2) is 15.9. The van der Waals surface area contributed by atoms with Crippen molar-refractivity contribution in [3.8, 4) is 11.9 Å². The number of aromatic hydroxyl groups is 1. The normalized spacial score (nSPS) is 11.2. The summed E-state index contributed by atoms with van der Waals surface area (Å²) in [6, 6.07) is 1.93. The van der Waals surface area contributed by atoms with E-state index < -0.39 is 5.56 Å². The summed E-state index contributed by atoms with van der Waals surface area (Å²) in [5.41, 5.74) is 0.924. The van der Waals surface area contributed by atoms with Gasteiger partial charge in [-0.05, 0) is 51.0 Å². The number of nitrogens with one attached hydrogen (secondary N) is 1. The Hall–Kier alpha value is -2.02. The van der Waals surface area contributed by atoms with Gasteiger partial charge in [0, 0.05) is 5.56 Å². The number of allylic oxidation sites excluding steroid dienone is 2. The molecule has 0 aromatic carbocycles. The Balaban J connectivity index is 2.04. The Bertz CT molecular complexity index is 698. The van der Waals surface area contributed by atoms with Gasteiger partial charge in [0.15, 0.2) is 5.88 Å². The van der Waals surface area contributed by atoms with Gasteiger partial charge in [0.2, 0.25) is 0 Å². The lowest BCUT2D eigenvalue weighted by Crippen LogP contribution is -2.14. The molecule has 1 heterocycles. The first-order valence-corrected chi connectivity index (χ1v) is 11.6. The Kier molecular flexibility index (Phi) is 13.7. The molecule has 0 spiro atoms. The first kappa shape index (κ1) is 25.0. The van der Waals surface area contributed by atoms with Gasteiger partial charge in [-0.15, -0.1) is 0 Å². The van der Waals surface area contributed by atoms with Crippen LogP contribution in [-0.2, 0) is 6.42 Å². The number of rotatable bonds is 16. The molecule has 1 rings (SSSR count). The standard InChI is InChI=1S/C25H40N2O2/c1-3-4-5-6-7-8-9-10-11-12-13-14-15-16-17-18-19-22-21(2)23(20-26)25(29)27-24(22)28/h10-11H,3-9,12-19H2,1-2H3,(H2,27,28,29)/b11-10-. The Morgan fingerprint density at radius 3 is 1.97 bits per heavy atom. The highest BCUT2D eigenvalue weighted by Crippen LogP contribution is 2.21. The maximum absolute atomic E-state index is 11.6. The molecule has 0 saturated heterocycles. The van der Waals surface area contributed by atoms with Gasteiger partial charge in [0.1, 0.15) is 11.6 Å². The smallest absolute Gasteiger partial charge is 0.268 e. The van der Waals surface area contributed by atoms with Gasteiger partial charge in [0.25, 0.3) is 5.56 Å². The molecule has 0 radical (unpaired) electrons. The van der Waals surface area contributed by atoms with Crippen LogP contribution in [0.5, 0.6) is 5.88 Å². The number of aromatic nitrogens is 1. The third-order valence-electron chi connectivity index (χ3n) is 5.62. The van der Waals surface area contributed by atoms with Crippen LogP contribution < -0.4 is 5.56 Å². The monoisotopic (exact) mass is 400 g/mol. The minimum Gasteiger partial charge on any atom is -0.494 e. The van der Waals surface area contributed by atoms with E-state index in [1.54, 1.807) is 6.92 Å². The zero-order valence-corrected chi connectivity index (χ0v) is 18.6. The van der Waals surface area contributed by atoms with E-state index >= 15 is 0 Å². The molecule has 0 atom stereocenters. The molecule has 0 fully saturated rings. The predicted octanol–water partition coefficient (Wildman–Crippen LogP) is 6.84. The average molecular weight is 401 g/mol. The lowest BCUT2D eigenvalue weighted by molar-refractivity contribution is 0.441. The van der Waals surface area contributed by atoms with Crippen molar-refractivity contribution in [1.29, 1.82) is 5.26 Å². The van der Waals surface area contributed by atoms with E-state index in [4.69, 9.17) is 5.26 Å². The molecular formula is C25H40N2O2. The maximum Gasteiger partial charge on any atom is 0.268 e. The highest BCUT2D eigenvalue weighted by molar-refractivity contribution is 5.44. The van der Waals surface area contributed by atoms with Crippen molar-refractivity contribution < 1.29 is 5.11 Å². The third kappa shape index (κ3) is 10.4. The van der Waals surface area contributed by atoms with E-state index in [0.29, 0.717) is 17.5 Å². The topological polar surface area (TPSA) is 76.9 Å².